The fraction of sp³-hybridized carbons (Fsp3) is 0.529. The van der Waals surface area contributed by atoms with Gasteiger partial charge in [-0.3, -0.25) is 4.90 Å². The lowest BCUT2D eigenvalue weighted by Crippen LogP contribution is -2.52. The van der Waals surface area contributed by atoms with E-state index in [0.717, 1.165) is 35.9 Å². The lowest BCUT2D eigenvalue weighted by atomic mass is 9.85. The van der Waals surface area contributed by atoms with E-state index in [1.165, 1.54) is 30.4 Å². The molecule has 1 aliphatic carbocycles. The average molecular weight is 329 g/mol. The van der Waals surface area contributed by atoms with Crippen molar-refractivity contribution in [2.45, 2.75) is 38.6 Å². The standard InChI is InChI=1S/C17H23N5S/c1-12-6-2-4-8-14(12)22-10-18-16(19-11-22)21-17-20-13-7-3-5-9-15(13)23-17/h3,5,7,9,12,14H,2,4,6,8,10-11H2,1H3,(H2,18,19,20,21)/t12-,14-/m0/s1. The van der Waals surface area contributed by atoms with E-state index in [9.17, 15) is 0 Å². The molecule has 4 rings (SSSR count). The molecule has 2 N–H and O–H groups in total. The van der Waals surface area contributed by atoms with Crippen LogP contribution >= 0.6 is 11.3 Å². The van der Waals surface area contributed by atoms with E-state index in [-0.39, 0.29) is 0 Å². The van der Waals surface area contributed by atoms with E-state index >= 15 is 0 Å². The molecule has 1 aromatic carbocycles. The topological polar surface area (TPSA) is 52.5 Å². The number of para-hydroxylation sites is 1. The van der Waals surface area contributed by atoms with Gasteiger partial charge in [0.1, 0.15) is 0 Å². The molecule has 6 heteroatoms. The van der Waals surface area contributed by atoms with Crippen LogP contribution in [0.5, 0.6) is 0 Å². The average Bonchev–Trinajstić information content (AvgIpc) is 2.98. The fourth-order valence-corrected chi connectivity index (χ4v) is 4.48. The van der Waals surface area contributed by atoms with E-state index < -0.39 is 0 Å². The number of guanidine groups is 1. The number of hydrogen-bond acceptors (Lipinski definition) is 6. The first-order chi connectivity index (χ1) is 11.3. The summed E-state index contributed by atoms with van der Waals surface area (Å²) in [5.74, 6) is 1.61. The molecule has 2 aliphatic rings. The molecule has 122 valence electrons. The molecule has 0 spiro atoms. The van der Waals surface area contributed by atoms with Crippen LogP contribution in [0, 0.1) is 5.92 Å². The SMILES string of the molecule is C[C@H]1CCCC[C@@H]1N1CN=C(Nc2nc3ccccc3s2)NC1. The minimum atomic E-state index is 0.670. The molecule has 2 atom stereocenters. The zero-order valence-corrected chi connectivity index (χ0v) is 14.3. The van der Waals surface area contributed by atoms with Gasteiger partial charge in [0.25, 0.3) is 0 Å². The lowest BCUT2D eigenvalue weighted by molar-refractivity contribution is 0.107. The predicted molar refractivity (Wildman–Crippen MR) is 96.8 cm³/mol. The lowest BCUT2D eigenvalue weighted by Gasteiger charge is -2.39. The van der Waals surface area contributed by atoms with Crippen molar-refractivity contribution >= 4 is 32.6 Å². The van der Waals surface area contributed by atoms with Gasteiger partial charge in [-0.15, -0.1) is 0 Å². The largest absolute Gasteiger partial charge is 0.343 e. The molecule has 5 nitrogen and oxygen atoms in total. The number of nitrogens with one attached hydrogen (secondary N) is 2. The van der Waals surface area contributed by atoms with Crippen molar-refractivity contribution in [3.8, 4) is 0 Å². The van der Waals surface area contributed by atoms with Crippen LogP contribution in [0.3, 0.4) is 0 Å². The molecule has 1 aliphatic heterocycles. The van der Waals surface area contributed by atoms with Gasteiger partial charge in [0.2, 0.25) is 0 Å². The summed E-state index contributed by atoms with van der Waals surface area (Å²) in [6, 6.07) is 8.87. The number of aliphatic imine (C=N–C) groups is 1. The Bertz CT molecular complexity index is 677. The Morgan fingerprint density at radius 3 is 2.91 bits per heavy atom. The third-order valence-corrected chi connectivity index (χ3v) is 5.87. The van der Waals surface area contributed by atoms with Gasteiger partial charge in [-0.05, 0) is 30.9 Å². The second kappa shape index (κ2) is 6.45. The quantitative estimate of drug-likeness (QED) is 0.886. The molecule has 0 radical (unpaired) electrons. The van der Waals surface area contributed by atoms with Crippen LogP contribution in [0.2, 0.25) is 0 Å². The zero-order valence-electron chi connectivity index (χ0n) is 13.5. The number of aromatic nitrogens is 1. The highest BCUT2D eigenvalue weighted by Gasteiger charge is 2.28. The smallest absolute Gasteiger partial charge is 0.199 e. The monoisotopic (exact) mass is 329 g/mol. The second-order valence-corrected chi connectivity index (χ2v) is 7.54. The summed E-state index contributed by atoms with van der Waals surface area (Å²) in [5, 5.41) is 7.64. The van der Waals surface area contributed by atoms with Crippen LogP contribution in [-0.2, 0) is 0 Å². The van der Waals surface area contributed by atoms with Crippen LogP contribution < -0.4 is 10.6 Å². The number of nitrogens with zero attached hydrogens (tertiary/aromatic N) is 3. The van der Waals surface area contributed by atoms with Gasteiger partial charge in [0.15, 0.2) is 11.1 Å². The first-order valence-corrected chi connectivity index (χ1v) is 9.26. The molecule has 0 bridgehead atoms. The highest BCUT2D eigenvalue weighted by atomic mass is 32.1. The molecule has 1 aromatic heterocycles. The second-order valence-electron chi connectivity index (χ2n) is 6.51. The van der Waals surface area contributed by atoms with Crippen LogP contribution in [0.4, 0.5) is 5.13 Å². The molecule has 2 aromatic rings. The van der Waals surface area contributed by atoms with E-state index in [1.54, 1.807) is 11.3 Å². The molecule has 0 saturated heterocycles. The van der Waals surface area contributed by atoms with Gasteiger partial charge in [-0.1, -0.05) is 43.2 Å². The number of thiazole rings is 1. The van der Waals surface area contributed by atoms with Crippen LogP contribution in [-0.4, -0.2) is 35.2 Å². The summed E-state index contributed by atoms with van der Waals surface area (Å²) in [5.41, 5.74) is 1.04. The van der Waals surface area contributed by atoms with Gasteiger partial charge < -0.3 is 10.6 Å². The Balaban J connectivity index is 1.41. The third-order valence-electron chi connectivity index (χ3n) is 4.91. The fourth-order valence-electron chi connectivity index (χ4n) is 3.62. The van der Waals surface area contributed by atoms with Crippen molar-refractivity contribution in [2.75, 3.05) is 18.7 Å². The number of fused-ring (bicyclic) bond motifs is 1. The first-order valence-electron chi connectivity index (χ1n) is 8.44. The Morgan fingerprint density at radius 1 is 1.26 bits per heavy atom. The highest BCUT2D eigenvalue weighted by molar-refractivity contribution is 7.22. The van der Waals surface area contributed by atoms with Crippen LogP contribution in [0.15, 0.2) is 29.3 Å². The Kier molecular flexibility index (Phi) is 4.18. The normalized spacial score (nSPS) is 25.9. The number of benzene rings is 1. The molecule has 23 heavy (non-hydrogen) atoms. The molecule has 2 heterocycles. The van der Waals surface area contributed by atoms with Gasteiger partial charge in [0.05, 0.1) is 23.6 Å². The van der Waals surface area contributed by atoms with Crippen molar-refractivity contribution in [3.63, 3.8) is 0 Å². The zero-order chi connectivity index (χ0) is 15.6. The van der Waals surface area contributed by atoms with Crippen molar-refractivity contribution in [1.82, 2.24) is 15.2 Å². The first kappa shape index (κ1) is 14.9. The van der Waals surface area contributed by atoms with Gasteiger partial charge >= 0.3 is 0 Å². The molecule has 1 fully saturated rings. The van der Waals surface area contributed by atoms with Gasteiger partial charge in [0, 0.05) is 6.04 Å². The van der Waals surface area contributed by atoms with E-state index in [0.29, 0.717) is 6.04 Å². The Hall–Kier alpha value is -1.66. The molecular weight excluding hydrogens is 306 g/mol. The number of hydrogen-bond donors (Lipinski definition) is 2. The Labute approximate surface area is 140 Å². The molecule has 0 unspecified atom stereocenters. The summed E-state index contributed by atoms with van der Waals surface area (Å²) >= 11 is 1.66. The summed E-state index contributed by atoms with van der Waals surface area (Å²) < 4.78 is 1.20. The number of anilines is 1. The van der Waals surface area contributed by atoms with E-state index in [1.807, 2.05) is 18.2 Å². The summed E-state index contributed by atoms with van der Waals surface area (Å²) in [6.45, 7) is 4.02. The van der Waals surface area contributed by atoms with Crippen molar-refractivity contribution in [3.05, 3.63) is 24.3 Å². The molecule has 1 saturated carbocycles. The molecule has 0 amide bonds. The predicted octanol–water partition coefficient (Wildman–Crippen LogP) is 3.46. The number of rotatable bonds is 2. The van der Waals surface area contributed by atoms with E-state index in [4.69, 9.17) is 0 Å². The van der Waals surface area contributed by atoms with E-state index in [2.05, 4.69) is 38.5 Å². The maximum absolute atomic E-state index is 4.67. The highest BCUT2D eigenvalue weighted by Crippen LogP contribution is 2.28. The van der Waals surface area contributed by atoms with Crippen molar-refractivity contribution < 1.29 is 0 Å². The van der Waals surface area contributed by atoms with Crippen molar-refractivity contribution in [2.24, 2.45) is 10.9 Å². The summed E-state index contributed by atoms with van der Waals surface area (Å²) in [6.07, 6.45) is 5.39. The minimum absolute atomic E-state index is 0.670. The van der Waals surface area contributed by atoms with Crippen molar-refractivity contribution in [1.29, 1.82) is 0 Å². The molecular formula is C17H23N5S. The van der Waals surface area contributed by atoms with Gasteiger partial charge in [-0.2, -0.15) is 0 Å². The maximum atomic E-state index is 4.67. The third kappa shape index (κ3) is 3.19. The Morgan fingerprint density at radius 2 is 2.13 bits per heavy atom. The minimum Gasteiger partial charge on any atom is -0.343 e. The van der Waals surface area contributed by atoms with Crippen LogP contribution in [0.1, 0.15) is 32.6 Å². The van der Waals surface area contributed by atoms with Crippen LogP contribution in [0.25, 0.3) is 10.2 Å². The van der Waals surface area contributed by atoms with Gasteiger partial charge in [-0.25, -0.2) is 9.98 Å². The maximum Gasteiger partial charge on any atom is 0.199 e. The summed E-state index contributed by atoms with van der Waals surface area (Å²) in [7, 11) is 0. The summed E-state index contributed by atoms with van der Waals surface area (Å²) in [4.78, 5) is 11.7.